The molecular formula is C17H34N2. The zero-order valence-corrected chi connectivity index (χ0v) is 13.2. The van der Waals surface area contributed by atoms with Crippen LogP contribution < -0.4 is 5.32 Å². The first-order chi connectivity index (χ1) is 9.29. The highest BCUT2D eigenvalue weighted by Crippen LogP contribution is 2.29. The Hall–Kier alpha value is -0.0800. The molecule has 2 aliphatic rings. The second-order valence-corrected chi connectivity index (χ2v) is 6.87. The van der Waals surface area contributed by atoms with E-state index in [1.54, 1.807) is 0 Å². The summed E-state index contributed by atoms with van der Waals surface area (Å²) in [5.41, 5.74) is 0. The molecule has 2 nitrogen and oxygen atoms in total. The number of unbranched alkanes of at least 4 members (excludes halogenated alkanes) is 6. The van der Waals surface area contributed by atoms with Crippen LogP contribution in [0.2, 0.25) is 0 Å². The maximum absolute atomic E-state index is 3.74. The van der Waals surface area contributed by atoms with Gasteiger partial charge >= 0.3 is 0 Å². The molecule has 0 saturated carbocycles. The van der Waals surface area contributed by atoms with Crippen LogP contribution in [0.5, 0.6) is 0 Å². The molecule has 112 valence electrons. The Morgan fingerprint density at radius 2 is 1.47 bits per heavy atom. The van der Waals surface area contributed by atoms with Crippen molar-refractivity contribution in [3.63, 3.8) is 0 Å². The molecule has 0 amide bonds. The van der Waals surface area contributed by atoms with Crippen LogP contribution in [0, 0.1) is 0 Å². The molecule has 2 heteroatoms. The van der Waals surface area contributed by atoms with E-state index in [0.29, 0.717) is 0 Å². The molecule has 19 heavy (non-hydrogen) atoms. The van der Waals surface area contributed by atoms with Crippen molar-refractivity contribution in [3.05, 3.63) is 0 Å². The van der Waals surface area contributed by atoms with Crippen LogP contribution in [0.15, 0.2) is 0 Å². The first kappa shape index (κ1) is 15.3. The van der Waals surface area contributed by atoms with E-state index in [0.717, 1.165) is 18.1 Å². The quantitative estimate of drug-likeness (QED) is 0.636. The molecule has 2 fully saturated rings. The van der Waals surface area contributed by atoms with Gasteiger partial charge in [0, 0.05) is 18.1 Å². The smallest absolute Gasteiger partial charge is 0.0122 e. The number of rotatable bonds is 9. The molecule has 0 aromatic carbocycles. The van der Waals surface area contributed by atoms with E-state index in [2.05, 4.69) is 24.2 Å². The van der Waals surface area contributed by atoms with Gasteiger partial charge in [-0.2, -0.15) is 0 Å². The Balaban J connectivity index is 1.51. The second-order valence-electron chi connectivity index (χ2n) is 6.87. The summed E-state index contributed by atoms with van der Waals surface area (Å²) in [6, 6.07) is 2.53. The molecule has 2 atom stereocenters. The second kappa shape index (κ2) is 8.26. The maximum Gasteiger partial charge on any atom is 0.0122 e. The highest BCUT2D eigenvalue weighted by molar-refractivity contribution is 4.95. The van der Waals surface area contributed by atoms with E-state index < -0.39 is 0 Å². The fourth-order valence-corrected chi connectivity index (χ4v) is 3.89. The van der Waals surface area contributed by atoms with Gasteiger partial charge in [-0.05, 0) is 45.7 Å². The Kier molecular flexibility index (Phi) is 6.66. The monoisotopic (exact) mass is 266 g/mol. The van der Waals surface area contributed by atoms with Crippen LogP contribution in [0.3, 0.4) is 0 Å². The van der Waals surface area contributed by atoms with Gasteiger partial charge in [0.1, 0.15) is 0 Å². The standard InChI is InChI=1S/C17H34N2/c1-3-4-5-6-7-8-9-12-19(2)17-13-15-10-11-16(14-17)18-15/h15-18H,3-14H2,1-2H3. The Morgan fingerprint density at radius 3 is 2.11 bits per heavy atom. The lowest BCUT2D eigenvalue weighted by Crippen LogP contribution is -2.47. The Morgan fingerprint density at radius 1 is 0.895 bits per heavy atom. The lowest BCUT2D eigenvalue weighted by Gasteiger charge is -2.35. The summed E-state index contributed by atoms with van der Waals surface area (Å²) in [7, 11) is 2.35. The molecule has 1 N–H and O–H groups in total. The van der Waals surface area contributed by atoms with Crippen molar-refractivity contribution in [2.75, 3.05) is 13.6 Å². The molecule has 2 aliphatic heterocycles. The van der Waals surface area contributed by atoms with E-state index in [4.69, 9.17) is 0 Å². The van der Waals surface area contributed by atoms with Crippen molar-refractivity contribution in [1.29, 1.82) is 0 Å². The largest absolute Gasteiger partial charge is 0.311 e. The lowest BCUT2D eigenvalue weighted by atomic mass is 9.98. The van der Waals surface area contributed by atoms with Gasteiger partial charge in [0.15, 0.2) is 0 Å². The zero-order valence-electron chi connectivity index (χ0n) is 13.2. The normalized spacial score (nSPS) is 30.2. The minimum Gasteiger partial charge on any atom is -0.311 e. The third-order valence-electron chi connectivity index (χ3n) is 5.19. The Bertz CT molecular complexity index is 229. The van der Waals surface area contributed by atoms with Gasteiger partial charge in [-0.15, -0.1) is 0 Å². The predicted molar refractivity (Wildman–Crippen MR) is 83.6 cm³/mol. The van der Waals surface area contributed by atoms with Crippen LogP contribution >= 0.6 is 0 Å². The van der Waals surface area contributed by atoms with E-state index in [1.165, 1.54) is 77.2 Å². The number of hydrogen-bond acceptors (Lipinski definition) is 2. The van der Waals surface area contributed by atoms with Crippen LogP contribution in [0.1, 0.15) is 77.6 Å². The highest BCUT2D eigenvalue weighted by Gasteiger charge is 2.34. The predicted octanol–water partition coefficient (Wildman–Crippen LogP) is 3.95. The highest BCUT2D eigenvalue weighted by atomic mass is 15.2. The van der Waals surface area contributed by atoms with Gasteiger partial charge in [-0.25, -0.2) is 0 Å². The molecule has 0 spiro atoms. The van der Waals surface area contributed by atoms with Crippen molar-refractivity contribution < 1.29 is 0 Å². The first-order valence-electron chi connectivity index (χ1n) is 8.76. The fourth-order valence-electron chi connectivity index (χ4n) is 3.89. The van der Waals surface area contributed by atoms with Gasteiger partial charge in [0.05, 0.1) is 0 Å². The molecular weight excluding hydrogens is 232 g/mol. The summed E-state index contributed by atoms with van der Waals surface area (Å²) in [6.07, 6.45) is 15.6. The molecule has 0 aromatic heterocycles. The molecule has 2 heterocycles. The van der Waals surface area contributed by atoms with Gasteiger partial charge in [-0.3, -0.25) is 0 Å². The van der Waals surface area contributed by atoms with E-state index in [1.807, 2.05) is 0 Å². The average Bonchev–Trinajstić information content (AvgIpc) is 2.76. The summed E-state index contributed by atoms with van der Waals surface area (Å²) in [4.78, 5) is 2.65. The molecule has 0 aromatic rings. The van der Waals surface area contributed by atoms with Crippen molar-refractivity contribution >= 4 is 0 Å². The van der Waals surface area contributed by atoms with Crippen LogP contribution in [0.25, 0.3) is 0 Å². The number of fused-ring (bicyclic) bond motifs is 2. The number of nitrogens with zero attached hydrogens (tertiary/aromatic N) is 1. The summed E-state index contributed by atoms with van der Waals surface area (Å²) in [5.74, 6) is 0. The summed E-state index contributed by atoms with van der Waals surface area (Å²) >= 11 is 0. The molecule has 0 aliphatic carbocycles. The minimum absolute atomic E-state index is 0.834. The molecule has 2 saturated heterocycles. The van der Waals surface area contributed by atoms with Gasteiger partial charge in [0.2, 0.25) is 0 Å². The van der Waals surface area contributed by atoms with Crippen LogP contribution in [-0.4, -0.2) is 36.6 Å². The number of hydrogen-bond donors (Lipinski definition) is 1. The first-order valence-corrected chi connectivity index (χ1v) is 8.76. The summed E-state index contributed by atoms with van der Waals surface area (Å²) in [5, 5.41) is 3.74. The third-order valence-corrected chi connectivity index (χ3v) is 5.19. The Labute approximate surface area is 120 Å². The van der Waals surface area contributed by atoms with Gasteiger partial charge in [0.25, 0.3) is 0 Å². The van der Waals surface area contributed by atoms with Crippen LogP contribution in [0.4, 0.5) is 0 Å². The van der Waals surface area contributed by atoms with Gasteiger partial charge in [-0.1, -0.05) is 45.4 Å². The van der Waals surface area contributed by atoms with Gasteiger partial charge < -0.3 is 10.2 Å². The molecule has 2 bridgehead atoms. The summed E-state index contributed by atoms with van der Waals surface area (Å²) in [6.45, 7) is 3.61. The molecule has 2 unspecified atom stereocenters. The van der Waals surface area contributed by atoms with Crippen molar-refractivity contribution in [2.45, 2.75) is 95.7 Å². The van der Waals surface area contributed by atoms with Crippen LogP contribution in [-0.2, 0) is 0 Å². The summed E-state index contributed by atoms with van der Waals surface area (Å²) < 4.78 is 0. The minimum atomic E-state index is 0.834. The van der Waals surface area contributed by atoms with Crippen molar-refractivity contribution in [2.24, 2.45) is 0 Å². The lowest BCUT2D eigenvalue weighted by molar-refractivity contribution is 0.169. The number of nitrogens with one attached hydrogen (secondary N) is 1. The van der Waals surface area contributed by atoms with E-state index in [9.17, 15) is 0 Å². The maximum atomic E-state index is 3.74. The fraction of sp³-hybridized carbons (Fsp3) is 1.00. The van der Waals surface area contributed by atoms with Crippen molar-refractivity contribution in [3.8, 4) is 0 Å². The SMILES string of the molecule is CCCCCCCCCN(C)C1CC2CCC(C1)N2. The third kappa shape index (κ3) is 5.07. The molecule has 0 radical (unpaired) electrons. The van der Waals surface area contributed by atoms with Crippen molar-refractivity contribution in [1.82, 2.24) is 10.2 Å². The average molecular weight is 266 g/mol. The zero-order chi connectivity index (χ0) is 13.5. The number of piperidine rings is 1. The van der Waals surface area contributed by atoms with E-state index >= 15 is 0 Å². The topological polar surface area (TPSA) is 15.3 Å². The van der Waals surface area contributed by atoms with E-state index in [-0.39, 0.29) is 0 Å². The molecule has 2 rings (SSSR count).